The summed E-state index contributed by atoms with van der Waals surface area (Å²) in [6.07, 6.45) is 4.39. The van der Waals surface area contributed by atoms with Crippen LogP contribution in [0.5, 0.6) is 0 Å². The lowest BCUT2D eigenvalue weighted by atomic mass is 10.1. The first-order chi connectivity index (χ1) is 6.99. The Hall–Kier alpha value is -0.630. The lowest BCUT2D eigenvalue weighted by Crippen LogP contribution is -2.15. The molecule has 0 saturated carbocycles. The van der Waals surface area contributed by atoms with Crippen molar-refractivity contribution in [2.45, 2.75) is 59.6 Å². The molecule has 0 radical (unpaired) electrons. The van der Waals surface area contributed by atoms with Crippen molar-refractivity contribution in [1.29, 1.82) is 0 Å². The molecule has 15 heavy (non-hydrogen) atoms. The number of hydrogen-bond donors (Lipinski definition) is 0. The van der Waals surface area contributed by atoms with Gasteiger partial charge in [0.1, 0.15) is 0 Å². The van der Waals surface area contributed by atoms with E-state index in [1.807, 2.05) is 0 Å². The molecule has 0 aromatic rings. The second kappa shape index (κ2) is 7.63. The van der Waals surface area contributed by atoms with E-state index in [9.17, 15) is 0 Å². The van der Waals surface area contributed by atoms with Gasteiger partial charge in [0, 0.05) is 25.3 Å². The average molecular weight is 211 g/mol. The number of allylic oxidation sites excluding steroid dienone is 2. The Morgan fingerprint density at radius 1 is 1.33 bits per heavy atom. The molecule has 0 aromatic carbocycles. The molecule has 0 bridgehead atoms. The van der Waals surface area contributed by atoms with Gasteiger partial charge in [0.2, 0.25) is 0 Å². The fraction of sp³-hybridized carbons (Fsp3) is 0.769. The van der Waals surface area contributed by atoms with E-state index >= 15 is 0 Å². The second-order valence-electron chi connectivity index (χ2n) is 4.41. The predicted molar refractivity (Wildman–Crippen MR) is 67.7 cm³/mol. The third-order valence-corrected chi connectivity index (χ3v) is 2.10. The standard InChI is InChI=1S/C13H25NO/c1-7-13(15-6)9-12(8-10(2)3)14-11(4)5/h8,11,13H,7,9H2,1-6H3. The van der Waals surface area contributed by atoms with Crippen LogP contribution in [0, 0.1) is 0 Å². The van der Waals surface area contributed by atoms with Crippen LogP contribution in [-0.2, 0) is 4.74 Å². The molecule has 2 heteroatoms. The Morgan fingerprint density at radius 3 is 2.27 bits per heavy atom. The molecule has 0 aromatic heterocycles. The molecule has 88 valence electrons. The predicted octanol–water partition coefficient (Wildman–Crippen LogP) is 3.62. The SMILES string of the molecule is CCC(CC(C=C(C)C)=NC(C)C)OC. The quantitative estimate of drug-likeness (QED) is 0.615. The van der Waals surface area contributed by atoms with Crippen LogP contribution in [0.4, 0.5) is 0 Å². The molecule has 0 rings (SSSR count). The third kappa shape index (κ3) is 7.32. The molecule has 1 atom stereocenters. The maximum Gasteiger partial charge on any atom is 0.0623 e. The molecule has 0 aliphatic heterocycles. The Labute approximate surface area is 94.4 Å². The summed E-state index contributed by atoms with van der Waals surface area (Å²) in [5.74, 6) is 0. The van der Waals surface area contributed by atoms with Crippen LogP contribution < -0.4 is 0 Å². The van der Waals surface area contributed by atoms with E-state index in [1.165, 1.54) is 5.57 Å². The number of ether oxygens (including phenoxy) is 1. The fourth-order valence-corrected chi connectivity index (χ4v) is 1.44. The van der Waals surface area contributed by atoms with Crippen LogP contribution in [0.1, 0.15) is 47.5 Å². The Balaban J connectivity index is 4.58. The van der Waals surface area contributed by atoms with Gasteiger partial charge >= 0.3 is 0 Å². The van der Waals surface area contributed by atoms with Crippen LogP contribution >= 0.6 is 0 Å². The monoisotopic (exact) mass is 211 g/mol. The molecule has 0 fully saturated rings. The minimum atomic E-state index is 0.290. The van der Waals surface area contributed by atoms with Crippen molar-refractivity contribution in [3.63, 3.8) is 0 Å². The van der Waals surface area contributed by atoms with Crippen LogP contribution in [0.15, 0.2) is 16.6 Å². The molecule has 2 nitrogen and oxygen atoms in total. The van der Waals surface area contributed by atoms with E-state index in [4.69, 9.17) is 4.74 Å². The molecule has 0 spiro atoms. The average Bonchev–Trinajstić information content (AvgIpc) is 2.11. The van der Waals surface area contributed by atoms with Crippen molar-refractivity contribution in [2.24, 2.45) is 4.99 Å². The Bertz CT molecular complexity index is 221. The zero-order valence-electron chi connectivity index (χ0n) is 11.0. The van der Waals surface area contributed by atoms with Gasteiger partial charge in [0.05, 0.1) is 6.10 Å². The summed E-state index contributed by atoms with van der Waals surface area (Å²) >= 11 is 0. The topological polar surface area (TPSA) is 21.6 Å². The maximum absolute atomic E-state index is 5.38. The Morgan fingerprint density at radius 2 is 1.93 bits per heavy atom. The first kappa shape index (κ1) is 14.4. The first-order valence-corrected chi connectivity index (χ1v) is 5.73. The minimum absolute atomic E-state index is 0.290. The van der Waals surface area contributed by atoms with Gasteiger partial charge in [0.25, 0.3) is 0 Å². The highest BCUT2D eigenvalue weighted by molar-refractivity contribution is 5.95. The third-order valence-electron chi connectivity index (χ3n) is 2.10. The largest absolute Gasteiger partial charge is 0.381 e. The van der Waals surface area contributed by atoms with Gasteiger partial charge in [-0.05, 0) is 40.2 Å². The summed E-state index contributed by atoms with van der Waals surface area (Å²) in [6.45, 7) is 10.6. The number of nitrogens with zero attached hydrogens (tertiary/aromatic N) is 1. The molecular formula is C13H25NO. The molecule has 0 aliphatic carbocycles. The summed E-state index contributed by atoms with van der Waals surface area (Å²) in [5.41, 5.74) is 2.44. The molecular weight excluding hydrogens is 186 g/mol. The van der Waals surface area contributed by atoms with E-state index in [-0.39, 0.29) is 6.10 Å². The van der Waals surface area contributed by atoms with E-state index < -0.39 is 0 Å². The van der Waals surface area contributed by atoms with E-state index in [0.717, 1.165) is 18.6 Å². The van der Waals surface area contributed by atoms with Crippen molar-refractivity contribution < 1.29 is 4.74 Å². The Kier molecular flexibility index (Phi) is 7.31. The van der Waals surface area contributed by atoms with Crippen LogP contribution in [0.3, 0.4) is 0 Å². The maximum atomic E-state index is 5.38. The van der Waals surface area contributed by atoms with Gasteiger partial charge in [-0.1, -0.05) is 12.5 Å². The van der Waals surface area contributed by atoms with Crippen molar-refractivity contribution in [2.75, 3.05) is 7.11 Å². The van der Waals surface area contributed by atoms with E-state index in [2.05, 4.69) is 45.7 Å². The molecule has 0 N–H and O–H groups in total. The molecule has 0 saturated heterocycles. The van der Waals surface area contributed by atoms with Crippen molar-refractivity contribution >= 4 is 5.71 Å². The summed E-state index contributed by atoms with van der Waals surface area (Å²) in [6, 6.07) is 0.352. The zero-order chi connectivity index (χ0) is 11.8. The van der Waals surface area contributed by atoms with Crippen molar-refractivity contribution in [1.82, 2.24) is 0 Å². The van der Waals surface area contributed by atoms with E-state index in [0.29, 0.717) is 6.04 Å². The summed E-state index contributed by atoms with van der Waals surface area (Å²) in [4.78, 5) is 4.61. The lowest BCUT2D eigenvalue weighted by molar-refractivity contribution is 0.106. The van der Waals surface area contributed by atoms with Gasteiger partial charge in [-0.3, -0.25) is 4.99 Å². The first-order valence-electron chi connectivity index (χ1n) is 5.73. The van der Waals surface area contributed by atoms with Crippen LogP contribution in [0.2, 0.25) is 0 Å². The minimum Gasteiger partial charge on any atom is -0.381 e. The van der Waals surface area contributed by atoms with Gasteiger partial charge in [-0.2, -0.15) is 0 Å². The molecule has 0 heterocycles. The highest BCUT2D eigenvalue weighted by Gasteiger charge is 2.08. The van der Waals surface area contributed by atoms with Crippen molar-refractivity contribution in [3.8, 4) is 0 Å². The highest BCUT2D eigenvalue weighted by Crippen LogP contribution is 2.07. The van der Waals surface area contributed by atoms with Gasteiger partial charge in [0.15, 0.2) is 0 Å². The summed E-state index contributed by atoms with van der Waals surface area (Å²) in [5, 5.41) is 0. The summed E-state index contributed by atoms with van der Waals surface area (Å²) in [7, 11) is 1.77. The van der Waals surface area contributed by atoms with Gasteiger partial charge in [-0.15, -0.1) is 0 Å². The van der Waals surface area contributed by atoms with Crippen molar-refractivity contribution in [3.05, 3.63) is 11.6 Å². The second-order valence-corrected chi connectivity index (χ2v) is 4.41. The van der Waals surface area contributed by atoms with Gasteiger partial charge < -0.3 is 4.74 Å². The molecule has 0 aliphatic rings. The summed E-state index contributed by atoms with van der Waals surface area (Å²) < 4.78 is 5.38. The number of hydrogen-bond acceptors (Lipinski definition) is 2. The van der Waals surface area contributed by atoms with E-state index in [1.54, 1.807) is 7.11 Å². The molecule has 1 unspecified atom stereocenters. The highest BCUT2D eigenvalue weighted by atomic mass is 16.5. The van der Waals surface area contributed by atoms with Gasteiger partial charge in [-0.25, -0.2) is 0 Å². The normalized spacial score (nSPS) is 14.2. The number of methoxy groups -OCH3 is 1. The number of aliphatic imine (C=N–C) groups is 1. The van der Waals surface area contributed by atoms with Crippen LogP contribution in [-0.4, -0.2) is 25.0 Å². The number of rotatable bonds is 6. The lowest BCUT2D eigenvalue weighted by Gasteiger charge is -2.14. The molecule has 0 amide bonds. The van der Waals surface area contributed by atoms with Crippen LogP contribution in [0.25, 0.3) is 0 Å². The fourth-order valence-electron chi connectivity index (χ4n) is 1.44. The smallest absolute Gasteiger partial charge is 0.0623 e. The zero-order valence-corrected chi connectivity index (χ0v) is 11.0.